The van der Waals surface area contributed by atoms with E-state index in [9.17, 15) is 9.59 Å². The van der Waals surface area contributed by atoms with Gasteiger partial charge >= 0.3 is 5.97 Å². The number of benzene rings is 1. The number of hydrogen-bond donors (Lipinski definition) is 1. The van der Waals surface area contributed by atoms with Crippen LogP contribution in [0.5, 0.6) is 0 Å². The molecule has 0 atom stereocenters. The Bertz CT molecular complexity index is 888. The van der Waals surface area contributed by atoms with Crippen LogP contribution >= 0.6 is 0 Å². The third kappa shape index (κ3) is 3.85. The fourth-order valence-electron chi connectivity index (χ4n) is 2.42. The van der Waals surface area contributed by atoms with Crippen LogP contribution in [0.4, 0.5) is 0 Å². The number of para-hydroxylation sites is 1. The van der Waals surface area contributed by atoms with E-state index in [0.29, 0.717) is 34.5 Å². The molecule has 0 aliphatic heterocycles. The lowest BCUT2D eigenvalue weighted by Gasteiger charge is -2.09. The second-order valence-electron chi connectivity index (χ2n) is 5.48. The fourth-order valence-corrected chi connectivity index (χ4v) is 2.42. The summed E-state index contributed by atoms with van der Waals surface area (Å²) in [7, 11) is 0. The molecular weight excluding hydrogens is 320 g/mol. The van der Waals surface area contributed by atoms with Gasteiger partial charge in [0.25, 0.3) is 5.91 Å². The van der Waals surface area contributed by atoms with Crippen LogP contribution in [0, 0.1) is 0 Å². The lowest BCUT2D eigenvalue weighted by molar-refractivity contribution is -0.124. The highest BCUT2D eigenvalue weighted by atomic mass is 16.5. The summed E-state index contributed by atoms with van der Waals surface area (Å²) in [4.78, 5) is 28.7. The van der Waals surface area contributed by atoms with Crippen molar-refractivity contribution in [2.75, 3.05) is 13.2 Å². The first-order valence-corrected chi connectivity index (χ1v) is 8.06. The molecule has 1 aromatic carbocycles. The summed E-state index contributed by atoms with van der Waals surface area (Å²) in [5.41, 5.74) is 1.53. The topological polar surface area (TPSA) is 81.4 Å². The van der Waals surface area contributed by atoms with Gasteiger partial charge in [-0.25, -0.2) is 9.78 Å². The Labute approximate surface area is 144 Å². The molecule has 6 nitrogen and oxygen atoms in total. The minimum Gasteiger partial charge on any atom is -0.463 e. The van der Waals surface area contributed by atoms with E-state index in [4.69, 9.17) is 9.15 Å². The number of esters is 1. The average Bonchev–Trinajstić information content (AvgIpc) is 3.18. The first kappa shape index (κ1) is 16.7. The minimum atomic E-state index is -0.571. The predicted molar refractivity (Wildman–Crippen MR) is 93.0 cm³/mol. The van der Waals surface area contributed by atoms with Gasteiger partial charge in [0.2, 0.25) is 0 Å². The summed E-state index contributed by atoms with van der Waals surface area (Å²) < 4.78 is 10.5. The van der Waals surface area contributed by atoms with E-state index >= 15 is 0 Å². The molecule has 3 rings (SSSR count). The normalized spacial score (nSPS) is 10.6. The molecule has 0 saturated carbocycles. The molecule has 2 aromatic heterocycles. The van der Waals surface area contributed by atoms with Crippen molar-refractivity contribution < 1.29 is 18.7 Å². The highest BCUT2D eigenvalue weighted by Gasteiger charge is 2.17. The van der Waals surface area contributed by atoms with Crippen molar-refractivity contribution in [2.24, 2.45) is 0 Å². The van der Waals surface area contributed by atoms with E-state index in [1.165, 1.54) is 0 Å². The molecule has 0 saturated heterocycles. The number of furan rings is 1. The zero-order chi connectivity index (χ0) is 17.6. The Kier molecular flexibility index (Phi) is 5.09. The third-order valence-corrected chi connectivity index (χ3v) is 3.62. The smallest absolute Gasteiger partial charge is 0.339 e. The average molecular weight is 338 g/mol. The molecule has 0 aliphatic carbocycles. The van der Waals surface area contributed by atoms with Crippen molar-refractivity contribution in [1.82, 2.24) is 10.3 Å². The van der Waals surface area contributed by atoms with E-state index in [-0.39, 0.29) is 12.5 Å². The van der Waals surface area contributed by atoms with Gasteiger partial charge in [0.15, 0.2) is 12.4 Å². The van der Waals surface area contributed by atoms with Gasteiger partial charge in [-0.2, -0.15) is 0 Å². The SMILES string of the molecule is CCCNC(=O)COC(=O)c1cc(-c2ccco2)nc2ccccc12. The maximum Gasteiger partial charge on any atom is 0.339 e. The number of carbonyl (C=O) groups is 2. The molecular formula is C19H18N2O4. The number of fused-ring (bicyclic) bond motifs is 1. The van der Waals surface area contributed by atoms with Gasteiger partial charge in [0, 0.05) is 11.9 Å². The van der Waals surface area contributed by atoms with Gasteiger partial charge in [-0.1, -0.05) is 25.1 Å². The Hall–Kier alpha value is -3.15. The molecule has 0 radical (unpaired) electrons. The molecule has 128 valence electrons. The van der Waals surface area contributed by atoms with E-state index in [2.05, 4.69) is 10.3 Å². The number of pyridine rings is 1. The van der Waals surface area contributed by atoms with Crippen LogP contribution in [0.25, 0.3) is 22.4 Å². The van der Waals surface area contributed by atoms with Crippen molar-refractivity contribution in [3.05, 3.63) is 54.3 Å². The highest BCUT2D eigenvalue weighted by molar-refractivity contribution is 6.05. The molecule has 3 aromatic rings. The van der Waals surface area contributed by atoms with Crippen molar-refractivity contribution in [2.45, 2.75) is 13.3 Å². The molecule has 0 aliphatic rings. The summed E-state index contributed by atoms with van der Waals surface area (Å²) in [6.07, 6.45) is 2.36. The molecule has 25 heavy (non-hydrogen) atoms. The van der Waals surface area contributed by atoms with Gasteiger partial charge in [0.05, 0.1) is 17.3 Å². The summed E-state index contributed by atoms with van der Waals surface area (Å²) in [6, 6.07) is 12.4. The Morgan fingerprint density at radius 3 is 2.80 bits per heavy atom. The highest BCUT2D eigenvalue weighted by Crippen LogP contribution is 2.25. The first-order chi connectivity index (χ1) is 12.2. The van der Waals surface area contributed by atoms with Gasteiger partial charge in [-0.05, 0) is 30.7 Å². The maximum atomic E-state index is 12.5. The van der Waals surface area contributed by atoms with Gasteiger partial charge in [-0.3, -0.25) is 4.79 Å². The minimum absolute atomic E-state index is 0.314. The Morgan fingerprint density at radius 1 is 1.20 bits per heavy atom. The number of nitrogens with one attached hydrogen (secondary N) is 1. The number of amides is 1. The monoisotopic (exact) mass is 338 g/mol. The van der Waals surface area contributed by atoms with Gasteiger partial charge in [-0.15, -0.1) is 0 Å². The number of rotatable bonds is 6. The summed E-state index contributed by atoms with van der Waals surface area (Å²) in [5.74, 6) is -0.335. The lowest BCUT2D eigenvalue weighted by Crippen LogP contribution is -2.29. The first-order valence-electron chi connectivity index (χ1n) is 8.06. The van der Waals surface area contributed by atoms with Crippen molar-refractivity contribution in [1.29, 1.82) is 0 Å². The quantitative estimate of drug-likeness (QED) is 0.698. The van der Waals surface area contributed by atoms with Crippen molar-refractivity contribution in [3.63, 3.8) is 0 Å². The molecule has 6 heteroatoms. The van der Waals surface area contributed by atoms with Crippen LogP contribution in [-0.4, -0.2) is 30.0 Å². The zero-order valence-corrected chi connectivity index (χ0v) is 13.8. The molecule has 0 bridgehead atoms. The number of carbonyl (C=O) groups excluding carboxylic acids is 2. The summed E-state index contributed by atoms with van der Waals surface area (Å²) >= 11 is 0. The zero-order valence-electron chi connectivity index (χ0n) is 13.8. The molecule has 1 N–H and O–H groups in total. The molecule has 0 spiro atoms. The Morgan fingerprint density at radius 2 is 2.04 bits per heavy atom. The van der Waals surface area contributed by atoms with Crippen LogP contribution in [0.15, 0.2) is 53.1 Å². The van der Waals surface area contributed by atoms with E-state index < -0.39 is 5.97 Å². The van der Waals surface area contributed by atoms with Crippen LogP contribution in [0.3, 0.4) is 0 Å². The maximum absolute atomic E-state index is 12.5. The number of hydrogen-bond acceptors (Lipinski definition) is 5. The summed E-state index contributed by atoms with van der Waals surface area (Å²) in [6.45, 7) is 2.19. The van der Waals surface area contributed by atoms with E-state index in [0.717, 1.165) is 6.42 Å². The molecule has 1 amide bonds. The van der Waals surface area contributed by atoms with Crippen LogP contribution < -0.4 is 5.32 Å². The van der Waals surface area contributed by atoms with E-state index in [1.807, 2.05) is 25.1 Å². The lowest BCUT2D eigenvalue weighted by atomic mass is 10.1. The Balaban J connectivity index is 1.89. The predicted octanol–water partition coefficient (Wildman–Crippen LogP) is 3.18. The molecule has 0 unspecified atom stereocenters. The van der Waals surface area contributed by atoms with Crippen molar-refractivity contribution in [3.8, 4) is 11.5 Å². The van der Waals surface area contributed by atoms with Crippen LogP contribution in [0.2, 0.25) is 0 Å². The second kappa shape index (κ2) is 7.61. The van der Waals surface area contributed by atoms with Crippen LogP contribution in [0.1, 0.15) is 23.7 Å². The standard InChI is InChI=1S/C19H18N2O4/c1-2-9-20-18(22)12-25-19(23)14-11-16(17-8-5-10-24-17)21-15-7-4-3-6-13(14)15/h3-8,10-11H,2,9,12H2,1H3,(H,20,22). The molecule has 2 heterocycles. The molecule has 0 fully saturated rings. The summed E-state index contributed by atoms with van der Waals surface area (Å²) in [5, 5.41) is 3.33. The third-order valence-electron chi connectivity index (χ3n) is 3.62. The largest absolute Gasteiger partial charge is 0.463 e. The van der Waals surface area contributed by atoms with Gasteiger partial charge < -0.3 is 14.5 Å². The second-order valence-corrected chi connectivity index (χ2v) is 5.48. The van der Waals surface area contributed by atoms with Crippen LogP contribution in [-0.2, 0) is 9.53 Å². The van der Waals surface area contributed by atoms with Crippen molar-refractivity contribution >= 4 is 22.8 Å². The van der Waals surface area contributed by atoms with Gasteiger partial charge in [0.1, 0.15) is 5.69 Å². The number of ether oxygens (including phenoxy) is 1. The fraction of sp³-hybridized carbons (Fsp3) is 0.211. The number of nitrogens with zero attached hydrogens (tertiary/aromatic N) is 1. The number of aromatic nitrogens is 1. The van der Waals surface area contributed by atoms with E-state index in [1.54, 1.807) is 30.5 Å².